The first-order valence-corrected chi connectivity index (χ1v) is 11.2. The van der Waals surface area contributed by atoms with Gasteiger partial charge >= 0.3 is 5.97 Å². The van der Waals surface area contributed by atoms with Crippen molar-refractivity contribution in [1.29, 1.82) is 0 Å². The normalized spacial score (nSPS) is 12.7. The van der Waals surface area contributed by atoms with Gasteiger partial charge in [-0.25, -0.2) is 9.78 Å². The fourth-order valence-corrected chi connectivity index (χ4v) is 4.36. The smallest absolute Gasteiger partial charge is 0.329 e. The third-order valence-electron chi connectivity index (χ3n) is 5.21. The highest BCUT2D eigenvalue weighted by Crippen LogP contribution is 2.28. The van der Waals surface area contributed by atoms with Gasteiger partial charge in [0, 0.05) is 11.5 Å². The molecule has 2 heterocycles. The molecule has 8 heteroatoms. The minimum atomic E-state index is -0.703. The molecule has 1 atom stereocenters. The number of aryl methyl sites for hydroxylation is 2. The summed E-state index contributed by atoms with van der Waals surface area (Å²) in [7, 11) is 0. The highest BCUT2D eigenvalue weighted by Gasteiger charge is 2.27. The van der Waals surface area contributed by atoms with E-state index in [4.69, 9.17) is 14.5 Å². The Hall–Kier alpha value is -1.77. The molecule has 0 aromatic carbocycles. The van der Waals surface area contributed by atoms with Crippen LogP contribution >= 0.6 is 11.3 Å². The van der Waals surface area contributed by atoms with Crippen LogP contribution in [0.25, 0.3) is 10.2 Å². The Morgan fingerprint density at radius 1 is 1.17 bits per heavy atom. The fraction of sp³-hybridized carbons (Fsp3) is 0.667. The lowest BCUT2D eigenvalue weighted by Crippen LogP contribution is -2.37. The Kier molecular flexibility index (Phi) is 8.79. The molecule has 2 rings (SSSR count). The predicted molar refractivity (Wildman–Crippen MR) is 117 cm³/mol. The van der Waals surface area contributed by atoms with E-state index in [9.17, 15) is 9.59 Å². The SMILES string of the molecule is CCOCCOC(=O)C(CC)n1c(CN(CC)CC)nc2sc(C)c(C)c2c1=O. The van der Waals surface area contributed by atoms with Gasteiger partial charge in [0.2, 0.25) is 0 Å². The number of nitrogens with zero attached hydrogens (tertiary/aromatic N) is 3. The van der Waals surface area contributed by atoms with Gasteiger partial charge in [0.25, 0.3) is 5.56 Å². The maximum atomic E-state index is 13.5. The first-order chi connectivity index (χ1) is 13.9. The van der Waals surface area contributed by atoms with Crippen molar-refractivity contribution in [3.05, 3.63) is 26.6 Å². The molecule has 162 valence electrons. The van der Waals surface area contributed by atoms with Crippen molar-refractivity contribution in [3.63, 3.8) is 0 Å². The number of rotatable bonds is 11. The molecule has 0 saturated carbocycles. The molecule has 0 fully saturated rings. The molecule has 0 amide bonds. The van der Waals surface area contributed by atoms with Crippen LogP contribution in [0.3, 0.4) is 0 Å². The number of carbonyl (C=O) groups excluding carboxylic acids is 1. The molecule has 0 saturated heterocycles. The summed E-state index contributed by atoms with van der Waals surface area (Å²) in [6.07, 6.45) is 0.452. The molecule has 0 aliphatic rings. The van der Waals surface area contributed by atoms with Crippen molar-refractivity contribution in [2.24, 2.45) is 0 Å². The molecular weight excluding hydrogens is 390 g/mol. The second kappa shape index (κ2) is 10.8. The molecule has 0 bridgehead atoms. The number of thiophene rings is 1. The van der Waals surface area contributed by atoms with Crippen molar-refractivity contribution in [2.45, 2.75) is 60.5 Å². The molecular formula is C21H33N3O4S. The van der Waals surface area contributed by atoms with E-state index < -0.39 is 12.0 Å². The number of esters is 1. The van der Waals surface area contributed by atoms with Crippen molar-refractivity contribution >= 4 is 27.5 Å². The monoisotopic (exact) mass is 423 g/mol. The third kappa shape index (κ3) is 5.24. The molecule has 7 nitrogen and oxygen atoms in total. The van der Waals surface area contributed by atoms with E-state index in [-0.39, 0.29) is 12.2 Å². The summed E-state index contributed by atoms with van der Waals surface area (Å²) < 4.78 is 12.2. The second-order valence-corrected chi connectivity index (χ2v) is 8.12. The molecule has 0 spiro atoms. The highest BCUT2D eigenvalue weighted by molar-refractivity contribution is 7.18. The predicted octanol–water partition coefficient (Wildman–Crippen LogP) is 3.45. The van der Waals surface area contributed by atoms with Crippen molar-refractivity contribution in [1.82, 2.24) is 14.5 Å². The average Bonchev–Trinajstić information content (AvgIpc) is 2.99. The number of fused-ring (bicyclic) bond motifs is 1. The molecule has 1 unspecified atom stereocenters. The Morgan fingerprint density at radius 2 is 1.86 bits per heavy atom. The van der Waals surface area contributed by atoms with Gasteiger partial charge in [-0.1, -0.05) is 20.8 Å². The zero-order valence-electron chi connectivity index (χ0n) is 18.4. The number of aromatic nitrogens is 2. The van der Waals surface area contributed by atoms with E-state index in [1.165, 1.54) is 11.3 Å². The minimum Gasteiger partial charge on any atom is -0.462 e. The van der Waals surface area contributed by atoms with Crippen molar-refractivity contribution < 1.29 is 14.3 Å². The van der Waals surface area contributed by atoms with Crippen molar-refractivity contribution in [2.75, 3.05) is 32.9 Å². The van der Waals surface area contributed by atoms with Gasteiger partial charge in [0.1, 0.15) is 23.3 Å². The van der Waals surface area contributed by atoms with Crippen LogP contribution in [-0.4, -0.2) is 53.3 Å². The summed E-state index contributed by atoms with van der Waals surface area (Å²) in [6.45, 7) is 15.1. The van der Waals surface area contributed by atoms with Gasteiger partial charge < -0.3 is 9.47 Å². The lowest BCUT2D eigenvalue weighted by Gasteiger charge is -2.24. The van der Waals surface area contributed by atoms with Gasteiger partial charge in [0.15, 0.2) is 0 Å². The first-order valence-electron chi connectivity index (χ1n) is 10.4. The molecule has 29 heavy (non-hydrogen) atoms. The largest absolute Gasteiger partial charge is 0.462 e. The van der Waals surface area contributed by atoms with Gasteiger partial charge in [-0.2, -0.15) is 0 Å². The van der Waals surface area contributed by atoms with Crippen LogP contribution < -0.4 is 5.56 Å². The summed E-state index contributed by atoms with van der Waals surface area (Å²) in [6, 6.07) is -0.703. The minimum absolute atomic E-state index is 0.160. The maximum Gasteiger partial charge on any atom is 0.329 e. The first kappa shape index (κ1) is 23.5. The van der Waals surface area contributed by atoms with E-state index in [1.54, 1.807) is 4.57 Å². The van der Waals surface area contributed by atoms with Gasteiger partial charge in [-0.3, -0.25) is 14.3 Å². The second-order valence-electron chi connectivity index (χ2n) is 6.92. The van der Waals surface area contributed by atoms with E-state index in [1.807, 2.05) is 27.7 Å². The summed E-state index contributed by atoms with van der Waals surface area (Å²) >= 11 is 1.53. The summed E-state index contributed by atoms with van der Waals surface area (Å²) in [5.74, 6) is 0.196. The quantitative estimate of drug-likeness (QED) is 0.407. The van der Waals surface area contributed by atoms with Crippen LogP contribution in [0.4, 0.5) is 0 Å². The highest BCUT2D eigenvalue weighted by atomic mass is 32.1. The maximum absolute atomic E-state index is 13.5. The van der Waals surface area contributed by atoms with Crippen LogP contribution in [0.2, 0.25) is 0 Å². The summed E-state index contributed by atoms with van der Waals surface area (Å²) in [4.78, 5) is 35.1. The van der Waals surface area contributed by atoms with Crippen LogP contribution in [-0.2, 0) is 20.8 Å². The zero-order valence-corrected chi connectivity index (χ0v) is 19.2. The van der Waals surface area contributed by atoms with E-state index >= 15 is 0 Å². The topological polar surface area (TPSA) is 73.7 Å². The standard InChI is InChI=1S/C21H33N3O4S/c1-7-16(21(26)28-12-11-27-10-4)24-17(13-23(8-2)9-3)22-19-18(20(24)25)14(5)15(6)29-19/h16H,7-13H2,1-6H3. The Morgan fingerprint density at radius 3 is 2.45 bits per heavy atom. The molecule has 2 aromatic heterocycles. The summed E-state index contributed by atoms with van der Waals surface area (Å²) in [5, 5.41) is 0.608. The third-order valence-corrected chi connectivity index (χ3v) is 6.32. The number of hydrogen-bond donors (Lipinski definition) is 0. The zero-order chi connectivity index (χ0) is 21.6. The van der Waals surface area contributed by atoms with Crippen LogP contribution in [0.1, 0.15) is 56.4 Å². The lowest BCUT2D eigenvalue weighted by atomic mass is 10.1. The van der Waals surface area contributed by atoms with E-state index in [2.05, 4.69) is 18.7 Å². The Bertz CT molecular complexity index is 886. The molecule has 0 N–H and O–H groups in total. The number of hydrogen-bond acceptors (Lipinski definition) is 7. The average molecular weight is 424 g/mol. The summed E-state index contributed by atoms with van der Waals surface area (Å²) in [5.41, 5.74) is 0.776. The van der Waals surface area contributed by atoms with E-state index in [0.29, 0.717) is 37.4 Å². The number of carbonyl (C=O) groups is 1. The fourth-order valence-electron chi connectivity index (χ4n) is 3.32. The van der Waals surface area contributed by atoms with Gasteiger partial charge in [-0.15, -0.1) is 11.3 Å². The van der Waals surface area contributed by atoms with Crippen molar-refractivity contribution in [3.8, 4) is 0 Å². The Labute approximate surface area is 176 Å². The Balaban J connectivity index is 2.54. The van der Waals surface area contributed by atoms with Gasteiger partial charge in [0.05, 0.1) is 18.5 Å². The molecule has 2 aromatic rings. The van der Waals surface area contributed by atoms with Crippen LogP contribution in [0.15, 0.2) is 4.79 Å². The molecule has 0 aliphatic carbocycles. The molecule has 0 aliphatic heterocycles. The van der Waals surface area contributed by atoms with Crippen LogP contribution in [0.5, 0.6) is 0 Å². The van der Waals surface area contributed by atoms with Gasteiger partial charge in [-0.05, 0) is 45.8 Å². The molecule has 0 radical (unpaired) electrons. The van der Waals surface area contributed by atoms with E-state index in [0.717, 1.165) is 28.4 Å². The number of ether oxygens (including phenoxy) is 2. The van der Waals surface area contributed by atoms with Crippen LogP contribution in [0, 0.1) is 13.8 Å². The lowest BCUT2D eigenvalue weighted by molar-refractivity contribution is -0.149.